The SMILES string of the molecule is COc1cc2ncnc(N3CCCC(c4ccc5c(c4)CCCC5)C3)c2cc1OC. The molecule has 1 saturated heterocycles. The van der Waals surface area contributed by atoms with E-state index in [1.807, 2.05) is 12.1 Å². The van der Waals surface area contributed by atoms with E-state index in [-0.39, 0.29) is 0 Å². The molecule has 0 N–H and O–H groups in total. The summed E-state index contributed by atoms with van der Waals surface area (Å²) in [6, 6.07) is 11.2. The zero-order valence-electron chi connectivity index (χ0n) is 17.9. The maximum Gasteiger partial charge on any atom is 0.162 e. The second-order valence-electron chi connectivity index (χ2n) is 8.44. The van der Waals surface area contributed by atoms with Crippen LogP contribution in [0.3, 0.4) is 0 Å². The third-order valence-corrected chi connectivity index (χ3v) is 6.68. The molecule has 1 aromatic heterocycles. The van der Waals surface area contributed by atoms with Crippen molar-refractivity contribution >= 4 is 16.7 Å². The van der Waals surface area contributed by atoms with Crippen LogP contribution in [0.25, 0.3) is 10.9 Å². The first kappa shape index (κ1) is 19.2. The van der Waals surface area contributed by atoms with Gasteiger partial charge in [0.25, 0.3) is 0 Å². The fourth-order valence-electron chi connectivity index (χ4n) is 5.07. The van der Waals surface area contributed by atoms with Crippen LogP contribution in [0.1, 0.15) is 48.3 Å². The monoisotopic (exact) mass is 403 g/mol. The van der Waals surface area contributed by atoms with Gasteiger partial charge in [0.2, 0.25) is 0 Å². The molecule has 1 atom stereocenters. The Hall–Kier alpha value is -2.82. The maximum atomic E-state index is 5.53. The summed E-state index contributed by atoms with van der Waals surface area (Å²) in [5, 5.41) is 1.02. The summed E-state index contributed by atoms with van der Waals surface area (Å²) >= 11 is 0. The van der Waals surface area contributed by atoms with Crippen LogP contribution >= 0.6 is 0 Å². The number of hydrogen-bond donors (Lipinski definition) is 0. The minimum Gasteiger partial charge on any atom is -0.493 e. The molecule has 30 heavy (non-hydrogen) atoms. The molecule has 5 nitrogen and oxygen atoms in total. The molecule has 156 valence electrons. The molecule has 0 saturated carbocycles. The molecule has 1 aliphatic heterocycles. The van der Waals surface area contributed by atoms with E-state index >= 15 is 0 Å². The number of fused-ring (bicyclic) bond motifs is 2. The lowest BCUT2D eigenvalue weighted by atomic mass is 9.85. The Kier molecular flexibility index (Phi) is 5.19. The van der Waals surface area contributed by atoms with E-state index in [9.17, 15) is 0 Å². The van der Waals surface area contributed by atoms with Gasteiger partial charge in [-0.15, -0.1) is 0 Å². The Bertz CT molecular complexity index is 1070. The summed E-state index contributed by atoms with van der Waals surface area (Å²) in [5.41, 5.74) is 5.49. The molecule has 5 heteroatoms. The number of benzene rings is 2. The van der Waals surface area contributed by atoms with Crippen molar-refractivity contribution in [2.45, 2.75) is 44.4 Å². The first-order valence-corrected chi connectivity index (χ1v) is 11.0. The van der Waals surface area contributed by atoms with E-state index in [2.05, 4.69) is 33.1 Å². The molecular formula is C25H29N3O2. The van der Waals surface area contributed by atoms with Gasteiger partial charge in [0, 0.05) is 30.5 Å². The minimum absolute atomic E-state index is 0.538. The predicted molar refractivity (Wildman–Crippen MR) is 120 cm³/mol. The first-order valence-electron chi connectivity index (χ1n) is 11.0. The van der Waals surface area contributed by atoms with Crippen LogP contribution in [0.15, 0.2) is 36.7 Å². The van der Waals surface area contributed by atoms with Crippen molar-refractivity contribution in [3.8, 4) is 11.5 Å². The summed E-state index contributed by atoms with van der Waals surface area (Å²) in [6.07, 6.45) is 9.19. The van der Waals surface area contributed by atoms with Gasteiger partial charge in [-0.05, 0) is 61.3 Å². The van der Waals surface area contributed by atoms with Crippen LogP contribution in [0.5, 0.6) is 11.5 Å². The van der Waals surface area contributed by atoms with Crippen molar-refractivity contribution in [2.75, 3.05) is 32.2 Å². The number of hydrogen-bond acceptors (Lipinski definition) is 5. The van der Waals surface area contributed by atoms with Gasteiger partial charge in [-0.25, -0.2) is 9.97 Å². The topological polar surface area (TPSA) is 47.5 Å². The number of ether oxygens (including phenoxy) is 2. The quantitative estimate of drug-likeness (QED) is 0.619. The molecule has 0 radical (unpaired) electrons. The molecule has 1 aliphatic carbocycles. The lowest BCUT2D eigenvalue weighted by Gasteiger charge is -2.35. The number of rotatable bonds is 4. The number of aromatic nitrogens is 2. The van der Waals surface area contributed by atoms with Crippen LogP contribution in [0, 0.1) is 0 Å². The molecule has 1 unspecified atom stereocenters. The number of piperidine rings is 1. The van der Waals surface area contributed by atoms with Crippen molar-refractivity contribution in [1.82, 2.24) is 9.97 Å². The smallest absolute Gasteiger partial charge is 0.162 e. The average Bonchev–Trinajstić information content (AvgIpc) is 2.82. The fraction of sp³-hybridized carbons (Fsp3) is 0.440. The van der Waals surface area contributed by atoms with Gasteiger partial charge in [-0.3, -0.25) is 0 Å². The lowest BCUT2D eigenvalue weighted by Crippen LogP contribution is -2.35. The third kappa shape index (κ3) is 3.47. The van der Waals surface area contributed by atoms with Crippen LogP contribution in [0.2, 0.25) is 0 Å². The van der Waals surface area contributed by atoms with Gasteiger partial charge < -0.3 is 14.4 Å². The molecule has 2 heterocycles. The van der Waals surface area contributed by atoms with E-state index in [4.69, 9.17) is 9.47 Å². The number of anilines is 1. The van der Waals surface area contributed by atoms with Crippen molar-refractivity contribution in [3.05, 3.63) is 53.3 Å². The maximum absolute atomic E-state index is 5.53. The van der Waals surface area contributed by atoms with Crippen LogP contribution in [0.4, 0.5) is 5.82 Å². The molecule has 1 fully saturated rings. The second kappa shape index (κ2) is 8.13. The fourth-order valence-corrected chi connectivity index (χ4v) is 5.07. The average molecular weight is 404 g/mol. The highest BCUT2D eigenvalue weighted by Gasteiger charge is 2.25. The van der Waals surface area contributed by atoms with Gasteiger partial charge in [-0.1, -0.05) is 18.2 Å². The molecule has 3 aromatic rings. The third-order valence-electron chi connectivity index (χ3n) is 6.68. The first-order chi connectivity index (χ1) is 14.8. The Labute approximate surface area is 178 Å². The van der Waals surface area contributed by atoms with Crippen molar-refractivity contribution in [2.24, 2.45) is 0 Å². The van der Waals surface area contributed by atoms with Crippen molar-refractivity contribution in [1.29, 1.82) is 0 Å². The summed E-state index contributed by atoms with van der Waals surface area (Å²) < 4.78 is 11.0. The highest BCUT2D eigenvalue weighted by atomic mass is 16.5. The molecule has 5 rings (SSSR count). The standard InChI is InChI=1S/C25H29N3O2/c1-29-23-13-21-22(14-24(23)30-2)26-16-27-25(21)28-11-5-8-20(15-28)19-10-9-17-6-3-4-7-18(17)12-19/h9-10,12-14,16,20H,3-8,11,15H2,1-2H3. The van der Waals surface area contributed by atoms with Crippen LogP contribution < -0.4 is 14.4 Å². The lowest BCUT2D eigenvalue weighted by molar-refractivity contribution is 0.355. The van der Waals surface area contributed by atoms with E-state index < -0.39 is 0 Å². The molecule has 0 amide bonds. The van der Waals surface area contributed by atoms with Gasteiger partial charge in [0.15, 0.2) is 11.5 Å². The Morgan fingerprint density at radius 3 is 2.53 bits per heavy atom. The zero-order valence-corrected chi connectivity index (χ0v) is 17.9. The predicted octanol–water partition coefficient (Wildman–Crippen LogP) is 4.91. The minimum atomic E-state index is 0.538. The molecule has 0 bridgehead atoms. The van der Waals surface area contributed by atoms with Crippen molar-refractivity contribution < 1.29 is 9.47 Å². The summed E-state index contributed by atoms with van der Waals surface area (Å²) in [4.78, 5) is 11.6. The summed E-state index contributed by atoms with van der Waals surface area (Å²) in [5.74, 6) is 2.93. The molecular weight excluding hydrogens is 374 g/mol. The molecule has 0 spiro atoms. The highest BCUT2D eigenvalue weighted by molar-refractivity contribution is 5.92. The summed E-state index contributed by atoms with van der Waals surface area (Å²) in [7, 11) is 3.32. The van der Waals surface area contributed by atoms with Gasteiger partial charge in [-0.2, -0.15) is 0 Å². The number of methoxy groups -OCH3 is 2. The second-order valence-corrected chi connectivity index (χ2v) is 8.44. The largest absolute Gasteiger partial charge is 0.493 e. The normalized spacial score (nSPS) is 18.9. The van der Waals surface area contributed by atoms with Gasteiger partial charge >= 0.3 is 0 Å². The Morgan fingerprint density at radius 1 is 0.900 bits per heavy atom. The zero-order chi connectivity index (χ0) is 20.5. The van der Waals surface area contributed by atoms with Crippen LogP contribution in [-0.4, -0.2) is 37.3 Å². The van der Waals surface area contributed by atoms with Gasteiger partial charge in [0.1, 0.15) is 12.1 Å². The Balaban J connectivity index is 1.47. The molecule has 2 aliphatic rings. The van der Waals surface area contributed by atoms with E-state index in [0.717, 1.165) is 29.8 Å². The molecule has 2 aromatic carbocycles. The number of nitrogens with zero attached hydrogens (tertiary/aromatic N) is 3. The van der Waals surface area contributed by atoms with Crippen molar-refractivity contribution in [3.63, 3.8) is 0 Å². The van der Waals surface area contributed by atoms with E-state index in [0.29, 0.717) is 17.4 Å². The van der Waals surface area contributed by atoms with Crippen LogP contribution in [-0.2, 0) is 12.8 Å². The Morgan fingerprint density at radius 2 is 1.70 bits per heavy atom. The van der Waals surface area contributed by atoms with Gasteiger partial charge in [0.05, 0.1) is 19.7 Å². The summed E-state index contributed by atoms with van der Waals surface area (Å²) in [6.45, 7) is 2.00. The van der Waals surface area contributed by atoms with E-state index in [1.165, 1.54) is 44.1 Å². The van der Waals surface area contributed by atoms with E-state index in [1.54, 1.807) is 31.7 Å². The highest BCUT2D eigenvalue weighted by Crippen LogP contribution is 2.37. The number of aryl methyl sites for hydroxylation is 2.